The Balaban J connectivity index is 2.11. The molecular weight excluding hydrogens is 190 g/mol. The average Bonchev–Trinajstić information content (AvgIpc) is 2.62. The second kappa shape index (κ2) is 4.21. The van der Waals surface area contributed by atoms with E-state index in [0.29, 0.717) is 19.1 Å². The van der Waals surface area contributed by atoms with E-state index in [1.807, 2.05) is 31.2 Å². The number of benzene rings is 1. The van der Waals surface area contributed by atoms with Gasteiger partial charge in [-0.3, -0.25) is 4.99 Å². The molecule has 0 amide bonds. The van der Waals surface area contributed by atoms with Crippen LogP contribution in [0.15, 0.2) is 29.3 Å². The topological polar surface area (TPSA) is 59.6 Å². The Morgan fingerprint density at radius 1 is 1.60 bits per heavy atom. The molecule has 2 rings (SSSR count). The van der Waals surface area contributed by atoms with Crippen molar-refractivity contribution < 1.29 is 4.74 Å². The minimum Gasteiger partial charge on any atom is -0.491 e. The van der Waals surface area contributed by atoms with Crippen LogP contribution < -0.4 is 15.8 Å². The second-order valence-corrected chi connectivity index (χ2v) is 3.41. The van der Waals surface area contributed by atoms with Gasteiger partial charge in [0.05, 0.1) is 6.04 Å². The van der Waals surface area contributed by atoms with Crippen LogP contribution in [0, 0.1) is 0 Å². The smallest absolute Gasteiger partial charge is 0.189 e. The number of nitrogens with two attached hydrogens (primary N) is 1. The lowest BCUT2D eigenvalue weighted by Gasteiger charge is -2.11. The maximum absolute atomic E-state index is 5.70. The van der Waals surface area contributed by atoms with Crippen molar-refractivity contribution in [3.8, 4) is 5.75 Å². The third-order valence-corrected chi connectivity index (χ3v) is 2.35. The lowest BCUT2D eigenvalue weighted by atomic mass is 10.1. The Morgan fingerprint density at radius 3 is 3.20 bits per heavy atom. The van der Waals surface area contributed by atoms with Gasteiger partial charge in [-0.2, -0.15) is 0 Å². The number of fused-ring (bicyclic) bond motifs is 1. The molecule has 4 nitrogen and oxygen atoms in total. The predicted molar refractivity (Wildman–Crippen MR) is 60.0 cm³/mol. The fourth-order valence-corrected chi connectivity index (χ4v) is 1.68. The number of nitrogens with zero attached hydrogens (tertiary/aromatic N) is 1. The van der Waals surface area contributed by atoms with Crippen molar-refractivity contribution in [3.05, 3.63) is 29.8 Å². The quantitative estimate of drug-likeness (QED) is 0.560. The first-order valence-corrected chi connectivity index (χ1v) is 5.09. The molecule has 1 aliphatic heterocycles. The van der Waals surface area contributed by atoms with Crippen LogP contribution in [0.5, 0.6) is 5.75 Å². The number of ether oxygens (including phenoxy) is 1. The molecular formula is C11H15N3O. The first kappa shape index (κ1) is 9.83. The van der Waals surface area contributed by atoms with Gasteiger partial charge >= 0.3 is 0 Å². The van der Waals surface area contributed by atoms with Crippen molar-refractivity contribution in [1.29, 1.82) is 0 Å². The number of hydrogen-bond acceptors (Lipinski definition) is 2. The van der Waals surface area contributed by atoms with Gasteiger partial charge in [0, 0.05) is 12.1 Å². The Labute approximate surface area is 89.1 Å². The van der Waals surface area contributed by atoms with E-state index >= 15 is 0 Å². The highest BCUT2D eigenvalue weighted by molar-refractivity contribution is 5.78. The van der Waals surface area contributed by atoms with Crippen LogP contribution in [0.2, 0.25) is 0 Å². The fraction of sp³-hybridized carbons (Fsp3) is 0.364. The first-order chi connectivity index (χ1) is 7.31. The molecule has 1 atom stereocenters. The monoisotopic (exact) mass is 205 g/mol. The van der Waals surface area contributed by atoms with E-state index in [2.05, 4.69) is 10.3 Å². The lowest BCUT2D eigenvalue weighted by Crippen LogP contribution is -2.35. The van der Waals surface area contributed by atoms with Crippen molar-refractivity contribution in [1.82, 2.24) is 5.32 Å². The van der Waals surface area contributed by atoms with Crippen molar-refractivity contribution in [2.24, 2.45) is 10.7 Å². The molecule has 1 aromatic rings. The molecule has 0 saturated heterocycles. The third kappa shape index (κ3) is 2.03. The largest absolute Gasteiger partial charge is 0.491 e. The highest BCUT2D eigenvalue weighted by Crippen LogP contribution is 2.31. The van der Waals surface area contributed by atoms with E-state index in [4.69, 9.17) is 10.5 Å². The van der Waals surface area contributed by atoms with Crippen LogP contribution in [0.25, 0.3) is 0 Å². The molecule has 0 radical (unpaired) electrons. The molecule has 4 heteroatoms. The minimum absolute atomic E-state index is 0.122. The average molecular weight is 205 g/mol. The maximum Gasteiger partial charge on any atom is 0.189 e. The van der Waals surface area contributed by atoms with Gasteiger partial charge in [0.15, 0.2) is 5.96 Å². The second-order valence-electron chi connectivity index (χ2n) is 3.41. The number of aliphatic imine (C=N–C) groups is 1. The van der Waals surface area contributed by atoms with Crippen molar-refractivity contribution in [2.75, 3.05) is 13.2 Å². The van der Waals surface area contributed by atoms with E-state index < -0.39 is 0 Å². The van der Waals surface area contributed by atoms with Gasteiger partial charge in [-0.25, -0.2) is 0 Å². The lowest BCUT2D eigenvalue weighted by molar-refractivity contribution is 0.324. The van der Waals surface area contributed by atoms with Gasteiger partial charge in [-0.05, 0) is 13.0 Å². The summed E-state index contributed by atoms with van der Waals surface area (Å²) in [6, 6.07) is 8.08. The zero-order chi connectivity index (χ0) is 10.7. The molecule has 15 heavy (non-hydrogen) atoms. The molecule has 0 fully saturated rings. The van der Waals surface area contributed by atoms with E-state index in [1.54, 1.807) is 0 Å². The number of hydrogen-bond donors (Lipinski definition) is 2. The molecule has 0 bridgehead atoms. The normalized spacial score (nSPS) is 19.5. The van der Waals surface area contributed by atoms with Gasteiger partial charge in [0.25, 0.3) is 0 Å². The van der Waals surface area contributed by atoms with Crippen LogP contribution in [0.4, 0.5) is 0 Å². The molecule has 1 aromatic carbocycles. The van der Waals surface area contributed by atoms with Gasteiger partial charge in [0.2, 0.25) is 0 Å². The van der Waals surface area contributed by atoms with Crippen molar-refractivity contribution >= 4 is 5.96 Å². The summed E-state index contributed by atoms with van der Waals surface area (Å²) in [7, 11) is 0. The van der Waals surface area contributed by atoms with Gasteiger partial charge < -0.3 is 15.8 Å². The summed E-state index contributed by atoms with van der Waals surface area (Å²) in [5.41, 5.74) is 6.85. The Hall–Kier alpha value is -1.71. The van der Waals surface area contributed by atoms with Crippen LogP contribution in [0.3, 0.4) is 0 Å². The summed E-state index contributed by atoms with van der Waals surface area (Å²) in [6.45, 7) is 3.25. The molecule has 3 N–H and O–H groups in total. The summed E-state index contributed by atoms with van der Waals surface area (Å²) in [5, 5.41) is 3.14. The highest BCUT2D eigenvalue weighted by atomic mass is 16.5. The van der Waals surface area contributed by atoms with E-state index in [0.717, 1.165) is 11.3 Å². The number of nitrogens with one attached hydrogen (secondary N) is 1. The first-order valence-electron chi connectivity index (χ1n) is 5.09. The zero-order valence-corrected chi connectivity index (χ0v) is 8.73. The molecule has 0 aromatic heterocycles. The van der Waals surface area contributed by atoms with Crippen molar-refractivity contribution in [3.63, 3.8) is 0 Å². The standard InChI is InChI=1S/C11H15N3O/c1-2-13-11(12)14-9-7-15-10-6-4-3-5-8(9)10/h3-6,9H,2,7H2,1H3,(H3,12,13,14). The van der Waals surface area contributed by atoms with Crippen molar-refractivity contribution in [2.45, 2.75) is 13.0 Å². The molecule has 1 aliphatic rings. The van der Waals surface area contributed by atoms with Gasteiger partial charge in [0.1, 0.15) is 12.4 Å². The van der Waals surface area contributed by atoms with E-state index in [9.17, 15) is 0 Å². The Kier molecular flexibility index (Phi) is 2.76. The molecule has 1 heterocycles. The number of guanidine groups is 1. The number of rotatable bonds is 2. The molecule has 0 saturated carbocycles. The SMILES string of the molecule is CCN=C(N)NC1COc2ccccc21. The Morgan fingerprint density at radius 2 is 2.40 bits per heavy atom. The summed E-state index contributed by atoms with van der Waals surface area (Å²) in [4.78, 5) is 4.09. The Bertz CT molecular complexity index is 376. The summed E-state index contributed by atoms with van der Waals surface area (Å²) >= 11 is 0. The van der Waals surface area contributed by atoms with Crippen LogP contribution in [0.1, 0.15) is 18.5 Å². The maximum atomic E-state index is 5.70. The predicted octanol–water partition coefficient (Wildman–Crippen LogP) is 1.04. The highest BCUT2D eigenvalue weighted by Gasteiger charge is 2.23. The van der Waals surface area contributed by atoms with E-state index in [1.165, 1.54) is 0 Å². The van der Waals surface area contributed by atoms with E-state index in [-0.39, 0.29) is 6.04 Å². The van der Waals surface area contributed by atoms with Crippen LogP contribution >= 0.6 is 0 Å². The van der Waals surface area contributed by atoms with Crippen LogP contribution in [-0.2, 0) is 0 Å². The summed E-state index contributed by atoms with van der Waals surface area (Å²) in [5.74, 6) is 1.40. The van der Waals surface area contributed by atoms with Crippen LogP contribution in [-0.4, -0.2) is 19.1 Å². The fourth-order valence-electron chi connectivity index (χ4n) is 1.68. The summed E-state index contributed by atoms with van der Waals surface area (Å²) in [6.07, 6.45) is 0. The number of para-hydroxylation sites is 1. The minimum atomic E-state index is 0.122. The zero-order valence-electron chi connectivity index (χ0n) is 8.73. The molecule has 0 spiro atoms. The molecule has 80 valence electrons. The third-order valence-electron chi connectivity index (χ3n) is 2.35. The summed E-state index contributed by atoms with van der Waals surface area (Å²) < 4.78 is 5.52. The van der Waals surface area contributed by atoms with Gasteiger partial charge in [-0.15, -0.1) is 0 Å². The molecule has 1 unspecified atom stereocenters. The van der Waals surface area contributed by atoms with Gasteiger partial charge in [-0.1, -0.05) is 18.2 Å². The molecule has 0 aliphatic carbocycles.